The van der Waals surface area contributed by atoms with Crippen molar-refractivity contribution in [2.45, 2.75) is 19.3 Å². The zero-order chi connectivity index (χ0) is 20.6. The minimum atomic E-state index is 0.648. The highest BCUT2D eigenvalue weighted by atomic mass is 16.5. The monoisotopic (exact) mass is 402 g/mol. The molecule has 0 aliphatic heterocycles. The molecule has 0 fully saturated rings. The summed E-state index contributed by atoms with van der Waals surface area (Å²) in [4.78, 5) is 0. The summed E-state index contributed by atoms with van der Waals surface area (Å²) in [6.07, 6.45) is 3.04. The molecule has 2 aromatic rings. The molecule has 0 heterocycles. The largest absolute Gasteiger partial charge is 0.493 e. The summed E-state index contributed by atoms with van der Waals surface area (Å²) in [6, 6.07) is 15.5. The standard InChI is InChI=1S/C23H34N2O4/c1-24-15-18-28-21-10-7-9-20(19-21)27-16-6-5-13-25-14-8-17-29-23-12-4-3-11-22(23)26-2/h3-4,7,9-12,19,24-25H,5-6,8,13-18H2,1-2H3. The van der Waals surface area contributed by atoms with Crippen molar-refractivity contribution in [1.29, 1.82) is 0 Å². The molecule has 0 aliphatic rings. The predicted octanol–water partition coefficient (Wildman–Crippen LogP) is 3.51. The third-order valence-corrected chi connectivity index (χ3v) is 4.27. The Morgan fingerprint density at radius 1 is 0.690 bits per heavy atom. The van der Waals surface area contributed by atoms with Crippen LogP contribution in [0, 0.1) is 0 Å². The Hall–Kier alpha value is -2.44. The maximum atomic E-state index is 5.81. The Morgan fingerprint density at radius 2 is 1.38 bits per heavy atom. The number of methoxy groups -OCH3 is 1. The fraction of sp³-hybridized carbons (Fsp3) is 0.478. The second-order valence-corrected chi connectivity index (χ2v) is 6.59. The van der Waals surface area contributed by atoms with E-state index in [1.165, 1.54) is 0 Å². The first-order chi connectivity index (χ1) is 14.3. The summed E-state index contributed by atoms with van der Waals surface area (Å²) in [7, 11) is 3.57. The van der Waals surface area contributed by atoms with E-state index in [-0.39, 0.29) is 0 Å². The number of likely N-dealkylation sites (N-methyl/N-ethyl adjacent to an activating group) is 1. The van der Waals surface area contributed by atoms with Crippen molar-refractivity contribution >= 4 is 0 Å². The molecule has 0 unspecified atom stereocenters. The van der Waals surface area contributed by atoms with E-state index in [4.69, 9.17) is 18.9 Å². The SMILES string of the molecule is CNCCOc1cccc(OCCCCNCCCOc2ccccc2OC)c1. The van der Waals surface area contributed by atoms with Gasteiger partial charge in [-0.25, -0.2) is 0 Å². The predicted molar refractivity (Wildman–Crippen MR) is 117 cm³/mol. The molecule has 0 saturated heterocycles. The van der Waals surface area contributed by atoms with Gasteiger partial charge in [0, 0.05) is 12.6 Å². The van der Waals surface area contributed by atoms with Crippen molar-refractivity contribution in [3.05, 3.63) is 48.5 Å². The molecule has 6 nitrogen and oxygen atoms in total. The zero-order valence-corrected chi connectivity index (χ0v) is 17.6. The van der Waals surface area contributed by atoms with Gasteiger partial charge in [0.25, 0.3) is 0 Å². The summed E-state index contributed by atoms with van der Waals surface area (Å²) in [5.41, 5.74) is 0. The van der Waals surface area contributed by atoms with Crippen LogP contribution in [-0.2, 0) is 0 Å². The molecule has 0 radical (unpaired) electrons. The van der Waals surface area contributed by atoms with E-state index in [1.54, 1.807) is 7.11 Å². The third-order valence-electron chi connectivity index (χ3n) is 4.27. The average molecular weight is 403 g/mol. The third kappa shape index (κ3) is 9.54. The van der Waals surface area contributed by atoms with Crippen LogP contribution in [0.1, 0.15) is 19.3 Å². The lowest BCUT2D eigenvalue weighted by molar-refractivity contribution is 0.285. The summed E-state index contributed by atoms with van der Waals surface area (Å²) < 4.78 is 22.5. The summed E-state index contributed by atoms with van der Waals surface area (Å²) in [5.74, 6) is 3.27. The zero-order valence-electron chi connectivity index (χ0n) is 17.6. The van der Waals surface area contributed by atoms with Crippen LogP contribution in [0.2, 0.25) is 0 Å². The number of hydrogen-bond acceptors (Lipinski definition) is 6. The van der Waals surface area contributed by atoms with Gasteiger partial charge in [-0.1, -0.05) is 18.2 Å². The number of benzene rings is 2. The first kappa shape index (κ1) is 22.8. The molecule has 29 heavy (non-hydrogen) atoms. The lowest BCUT2D eigenvalue weighted by Crippen LogP contribution is -2.19. The Kier molecular flexibility index (Phi) is 11.5. The lowest BCUT2D eigenvalue weighted by atomic mass is 10.3. The van der Waals surface area contributed by atoms with Gasteiger partial charge in [-0.2, -0.15) is 0 Å². The van der Waals surface area contributed by atoms with Crippen molar-refractivity contribution < 1.29 is 18.9 Å². The quantitative estimate of drug-likeness (QED) is 0.419. The van der Waals surface area contributed by atoms with Crippen LogP contribution in [0.3, 0.4) is 0 Å². The van der Waals surface area contributed by atoms with Crippen molar-refractivity contribution in [3.63, 3.8) is 0 Å². The Balaban J connectivity index is 1.46. The molecule has 6 heteroatoms. The van der Waals surface area contributed by atoms with E-state index in [2.05, 4.69) is 10.6 Å². The van der Waals surface area contributed by atoms with E-state index in [9.17, 15) is 0 Å². The van der Waals surface area contributed by atoms with Crippen molar-refractivity contribution in [2.75, 3.05) is 53.6 Å². The average Bonchev–Trinajstić information content (AvgIpc) is 2.76. The second-order valence-electron chi connectivity index (χ2n) is 6.59. The van der Waals surface area contributed by atoms with Crippen molar-refractivity contribution in [3.8, 4) is 23.0 Å². The summed E-state index contributed by atoms with van der Waals surface area (Å²) in [6.45, 7) is 4.76. The highest BCUT2D eigenvalue weighted by Crippen LogP contribution is 2.25. The molecule has 0 amide bonds. The molecular weight excluding hydrogens is 368 g/mol. The van der Waals surface area contributed by atoms with Gasteiger partial charge in [0.1, 0.15) is 18.1 Å². The molecule has 2 aromatic carbocycles. The lowest BCUT2D eigenvalue weighted by Gasteiger charge is -2.11. The number of nitrogens with one attached hydrogen (secondary N) is 2. The van der Waals surface area contributed by atoms with E-state index >= 15 is 0 Å². The van der Waals surface area contributed by atoms with Crippen LogP contribution in [0.4, 0.5) is 0 Å². The number of hydrogen-bond donors (Lipinski definition) is 2. The number of rotatable bonds is 16. The molecule has 0 aromatic heterocycles. The van der Waals surface area contributed by atoms with Gasteiger partial charge in [-0.3, -0.25) is 0 Å². The second kappa shape index (κ2) is 14.5. The summed E-state index contributed by atoms with van der Waals surface area (Å²) in [5, 5.41) is 6.50. The van der Waals surface area contributed by atoms with E-state index in [0.717, 1.165) is 61.9 Å². The Morgan fingerprint density at radius 3 is 2.14 bits per heavy atom. The number of unbranched alkanes of at least 4 members (excludes halogenated alkanes) is 1. The van der Waals surface area contributed by atoms with Gasteiger partial charge in [-0.05, 0) is 63.7 Å². The van der Waals surface area contributed by atoms with Crippen LogP contribution in [0.5, 0.6) is 23.0 Å². The first-order valence-electron chi connectivity index (χ1n) is 10.3. The van der Waals surface area contributed by atoms with Crippen LogP contribution in [-0.4, -0.2) is 53.6 Å². The minimum Gasteiger partial charge on any atom is -0.493 e. The van der Waals surface area contributed by atoms with Gasteiger partial charge in [-0.15, -0.1) is 0 Å². The van der Waals surface area contributed by atoms with E-state index < -0.39 is 0 Å². The Bertz CT molecular complexity index is 681. The molecular formula is C23H34N2O4. The fourth-order valence-electron chi connectivity index (χ4n) is 2.71. The fourth-order valence-corrected chi connectivity index (χ4v) is 2.71. The van der Waals surface area contributed by atoms with Crippen LogP contribution >= 0.6 is 0 Å². The smallest absolute Gasteiger partial charge is 0.161 e. The van der Waals surface area contributed by atoms with Gasteiger partial charge in [0.15, 0.2) is 11.5 Å². The molecule has 0 bridgehead atoms. The van der Waals surface area contributed by atoms with Crippen LogP contribution in [0.15, 0.2) is 48.5 Å². The van der Waals surface area contributed by atoms with Gasteiger partial charge >= 0.3 is 0 Å². The molecule has 0 spiro atoms. The minimum absolute atomic E-state index is 0.648. The molecule has 2 rings (SSSR count). The molecule has 2 N–H and O–H groups in total. The molecule has 0 aliphatic carbocycles. The van der Waals surface area contributed by atoms with Crippen molar-refractivity contribution in [1.82, 2.24) is 10.6 Å². The van der Waals surface area contributed by atoms with Crippen molar-refractivity contribution in [2.24, 2.45) is 0 Å². The van der Waals surface area contributed by atoms with Gasteiger partial charge in [0.05, 0.1) is 20.3 Å². The maximum Gasteiger partial charge on any atom is 0.161 e. The van der Waals surface area contributed by atoms with E-state index in [1.807, 2.05) is 55.6 Å². The topological polar surface area (TPSA) is 61.0 Å². The molecule has 0 saturated carbocycles. The van der Waals surface area contributed by atoms with Gasteiger partial charge in [0.2, 0.25) is 0 Å². The highest BCUT2D eigenvalue weighted by molar-refractivity contribution is 5.39. The molecule has 0 atom stereocenters. The molecule has 160 valence electrons. The Labute approximate surface area is 174 Å². The highest BCUT2D eigenvalue weighted by Gasteiger charge is 2.02. The first-order valence-corrected chi connectivity index (χ1v) is 10.3. The number of ether oxygens (including phenoxy) is 4. The normalized spacial score (nSPS) is 10.6. The van der Waals surface area contributed by atoms with Gasteiger partial charge < -0.3 is 29.6 Å². The van der Waals surface area contributed by atoms with E-state index in [0.29, 0.717) is 19.8 Å². The summed E-state index contributed by atoms with van der Waals surface area (Å²) >= 11 is 0. The number of para-hydroxylation sites is 2. The van der Waals surface area contributed by atoms with Crippen LogP contribution < -0.4 is 29.6 Å². The van der Waals surface area contributed by atoms with Crippen LogP contribution in [0.25, 0.3) is 0 Å². The maximum absolute atomic E-state index is 5.81.